The van der Waals surface area contributed by atoms with Crippen molar-refractivity contribution in [1.82, 2.24) is 0 Å². The summed E-state index contributed by atoms with van der Waals surface area (Å²) < 4.78 is 0. The van der Waals surface area contributed by atoms with E-state index in [1.807, 2.05) is 45.3 Å². The maximum atomic E-state index is 2.73. The molecule has 8 heteroatoms. The van der Waals surface area contributed by atoms with Gasteiger partial charge in [-0.1, -0.05) is 137 Å². The van der Waals surface area contributed by atoms with E-state index >= 15 is 0 Å². The molecule has 6 aromatic rings. The van der Waals surface area contributed by atoms with Crippen LogP contribution in [0.4, 0.5) is 42.8 Å². The smallest absolute Gasteiger partial charge is 0.152 e. The van der Waals surface area contributed by atoms with Crippen molar-refractivity contribution in [2.75, 3.05) is 19.6 Å². The molecule has 0 radical (unpaired) electrons. The van der Waals surface area contributed by atoms with Crippen LogP contribution in [0.5, 0.6) is 0 Å². The summed E-state index contributed by atoms with van der Waals surface area (Å²) in [6, 6.07) is 33.8. The van der Waals surface area contributed by atoms with Crippen LogP contribution in [0.1, 0.15) is 155 Å². The molecule has 4 nitrogen and oxygen atoms in total. The number of hydrogen-bond donors (Lipinski definition) is 0. The average Bonchev–Trinajstić information content (AvgIpc) is 3.98. The molecule has 2 atom stereocenters. The summed E-state index contributed by atoms with van der Waals surface area (Å²) in [5.41, 5.74) is 7.78. The summed E-state index contributed by atoms with van der Waals surface area (Å²) in [6.45, 7) is 42.2. The highest BCUT2D eigenvalue weighted by atomic mass is 32.1. The fraction of sp³-hybridized carbons (Fsp3) is 0.481. The van der Waals surface area contributed by atoms with Crippen LogP contribution in [0.15, 0.2) is 84.9 Å². The van der Waals surface area contributed by atoms with Gasteiger partial charge in [-0.05, 0) is 116 Å². The van der Waals surface area contributed by atoms with E-state index in [2.05, 4.69) is 229 Å². The molecule has 2 aromatic carbocycles. The Balaban J connectivity index is 1.49. The van der Waals surface area contributed by atoms with Gasteiger partial charge in [-0.3, -0.25) is 0 Å². The third-order valence-corrected chi connectivity index (χ3v) is 18.4. The Labute approximate surface area is 390 Å². The van der Waals surface area contributed by atoms with Crippen molar-refractivity contribution in [1.29, 1.82) is 0 Å². The number of rotatable bonds is 5. The second kappa shape index (κ2) is 15.0. The lowest BCUT2D eigenvalue weighted by Gasteiger charge is -2.43. The fourth-order valence-electron chi connectivity index (χ4n) is 8.54. The van der Waals surface area contributed by atoms with Crippen LogP contribution in [0.2, 0.25) is 0 Å². The molecule has 2 aliphatic heterocycles. The SMILES string of the molecule is CC(C)(C)c1ccc2c(c1)N(c1ccc(C(C)(C)C)s1)C(C1N(c3ccc(C(C)(C)C)s3)c3ccc(C(C)(C)C)cc3N1c1ccc(C(C)(C)C)s1)N2c1ccc(C(C)(C)C)s1. The molecule has 0 saturated heterocycles. The lowest BCUT2D eigenvalue weighted by Crippen LogP contribution is -2.57. The van der Waals surface area contributed by atoms with Gasteiger partial charge in [-0.15, -0.1) is 45.3 Å². The van der Waals surface area contributed by atoms with E-state index < -0.39 is 0 Å². The summed E-state index contributed by atoms with van der Waals surface area (Å²) in [5, 5.41) is 5.09. The molecular formula is C54H70N4S4. The van der Waals surface area contributed by atoms with Crippen LogP contribution in [0.25, 0.3) is 0 Å². The van der Waals surface area contributed by atoms with Gasteiger partial charge in [0.1, 0.15) is 0 Å². The second-order valence-corrected chi connectivity index (χ2v) is 28.0. The van der Waals surface area contributed by atoms with Gasteiger partial charge in [0, 0.05) is 19.5 Å². The van der Waals surface area contributed by atoms with Crippen molar-refractivity contribution in [3.05, 3.63) is 116 Å². The van der Waals surface area contributed by atoms with Crippen LogP contribution in [-0.4, -0.2) is 12.3 Å². The Morgan fingerprint density at radius 2 is 0.532 bits per heavy atom. The molecule has 4 aromatic heterocycles. The first-order chi connectivity index (χ1) is 28.5. The minimum atomic E-state index is -0.163. The van der Waals surface area contributed by atoms with Gasteiger partial charge in [0.25, 0.3) is 0 Å². The van der Waals surface area contributed by atoms with Gasteiger partial charge in [-0.2, -0.15) is 0 Å². The Morgan fingerprint density at radius 1 is 0.290 bits per heavy atom. The highest BCUT2D eigenvalue weighted by Crippen LogP contribution is 2.60. The van der Waals surface area contributed by atoms with Gasteiger partial charge < -0.3 is 19.6 Å². The molecule has 2 aliphatic rings. The molecule has 0 spiro atoms. The molecule has 0 saturated carbocycles. The largest absolute Gasteiger partial charge is 0.306 e. The predicted octanol–water partition coefficient (Wildman–Crippen LogP) is 17.6. The number of hydrogen-bond acceptors (Lipinski definition) is 8. The third kappa shape index (κ3) is 8.09. The van der Waals surface area contributed by atoms with Crippen molar-refractivity contribution < 1.29 is 0 Å². The van der Waals surface area contributed by atoms with Gasteiger partial charge >= 0.3 is 0 Å². The molecule has 0 fully saturated rings. The molecule has 0 amide bonds. The Morgan fingerprint density at radius 3 is 0.742 bits per heavy atom. The highest BCUT2D eigenvalue weighted by molar-refractivity contribution is 7.17. The Bertz CT molecular complexity index is 2410. The summed E-state index contributed by atoms with van der Waals surface area (Å²) in [7, 11) is 0. The van der Waals surface area contributed by atoms with Crippen LogP contribution in [0.3, 0.4) is 0 Å². The average molecular weight is 903 g/mol. The van der Waals surface area contributed by atoms with E-state index in [-0.39, 0.29) is 44.8 Å². The molecular weight excluding hydrogens is 833 g/mol. The minimum Gasteiger partial charge on any atom is -0.306 e. The molecule has 330 valence electrons. The highest BCUT2D eigenvalue weighted by Gasteiger charge is 2.53. The van der Waals surface area contributed by atoms with Gasteiger partial charge in [-0.25, -0.2) is 0 Å². The summed E-state index contributed by atoms with van der Waals surface area (Å²) in [6.07, 6.45) is -0.326. The van der Waals surface area contributed by atoms with Crippen LogP contribution in [0, 0.1) is 0 Å². The first kappa shape index (κ1) is 45.0. The Hall–Kier alpha value is -3.56. The van der Waals surface area contributed by atoms with Crippen molar-refractivity contribution in [2.24, 2.45) is 0 Å². The van der Waals surface area contributed by atoms with E-state index in [1.165, 1.54) is 73.4 Å². The monoisotopic (exact) mass is 902 g/mol. The first-order valence-corrected chi connectivity index (χ1v) is 25.7. The predicted molar refractivity (Wildman–Crippen MR) is 278 cm³/mol. The quantitative estimate of drug-likeness (QED) is 0.171. The summed E-state index contributed by atoms with van der Waals surface area (Å²) in [5.74, 6) is 0. The van der Waals surface area contributed by atoms with E-state index in [0.717, 1.165) is 0 Å². The number of nitrogens with zero attached hydrogens (tertiary/aromatic N) is 4. The molecule has 0 bridgehead atoms. The lowest BCUT2D eigenvalue weighted by molar-refractivity contribution is 0.555. The van der Waals surface area contributed by atoms with Gasteiger partial charge in [0.05, 0.1) is 42.8 Å². The summed E-state index contributed by atoms with van der Waals surface area (Å²) >= 11 is 7.80. The number of fused-ring (bicyclic) bond motifs is 2. The second-order valence-electron chi connectivity index (χ2n) is 23.8. The molecule has 0 N–H and O–H groups in total. The van der Waals surface area contributed by atoms with Crippen molar-refractivity contribution in [3.8, 4) is 0 Å². The lowest BCUT2D eigenvalue weighted by atomic mass is 9.86. The maximum Gasteiger partial charge on any atom is 0.152 e. The standard InChI is InChI=1S/C54H70N4S4/c1-49(2,3)33-19-21-35-37(31-33)57(45-29-25-41(61-45)53(13,14)15)47(55(35)43-27-23-39(59-43)51(7,8)9)48-56(44-28-24-40(60-44)52(10,11)12)36-22-20-34(50(4,5)6)32-38(36)58(48)46-30-26-42(62-46)54(16,17)18/h19-32,47-48H,1-18H3. The molecule has 2 unspecified atom stereocenters. The molecule has 0 aliphatic carbocycles. The van der Waals surface area contributed by atoms with E-state index in [1.54, 1.807) is 0 Å². The van der Waals surface area contributed by atoms with Crippen molar-refractivity contribution in [3.63, 3.8) is 0 Å². The van der Waals surface area contributed by atoms with Crippen LogP contribution < -0.4 is 19.6 Å². The number of benzene rings is 2. The zero-order chi connectivity index (χ0) is 45.3. The zero-order valence-corrected chi connectivity index (χ0v) is 43.9. The minimum absolute atomic E-state index is 0.0228. The van der Waals surface area contributed by atoms with E-state index in [9.17, 15) is 0 Å². The van der Waals surface area contributed by atoms with Gasteiger partial charge in [0.2, 0.25) is 0 Å². The first-order valence-electron chi connectivity index (χ1n) is 22.4. The summed E-state index contributed by atoms with van der Waals surface area (Å²) in [4.78, 5) is 16.5. The third-order valence-electron chi connectivity index (χ3n) is 12.3. The molecule has 8 rings (SSSR count). The molecule has 62 heavy (non-hydrogen) atoms. The number of anilines is 8. The van der Waals surface area contributed by atoms with Crippen molar-refractivity contribution in [2.45, 2.75) is 169 Å². The van der Waals surface area contributed by atoms with Gasteiger partial charge in [0.15, 0.2) is 12.3 Å². The van der Waals surface area contributed by atoms with E-state index in [0.29, 0.717) is 0 Å². The topological polar surface area (TPSA) is 13.0 Å². The fourth-order valence-corrected chi connectivity index (χ4v) is 13.0. The van der Waals surface area contributed by atoms with E-state index in [4.69, 9.17) is 0 Å². The van der Waals surface area contributed by atoms with Crippen LogP contribution >= 0.6 is 45.3 Å². The maximum absolute atomic E-state index is 2.73. The Kier molecular flexibility index (Phi) is 10.9. The number of thiophene rings is 4. The van der Waals surface area contributed by atoms with Crippen molar-refractivity contribution >= 4 is 88.1 Å². The normalized spacial score (nSPS) is 17.7. The molecule has 6 heterocycles. The zero-order valence-electron chi connectivity index (χ0n) is 40.7. The van der Waals surface area contributed by atoms with Crippen LogP contribution in [-0.2, 0) is 32.5 Å².